The number of ether oxygens (including phenoxy) is 2. The molecule has 2 amide bonds. The largest absolute Gasteiger partial charge is 0.437 e. The molecule has 0 saturated carbocycles. The third-order valence-electron chi connectivity index (χ3n) is 5.39. The molecule has 2 aromatic rings. The summed E-state index contributed by atoms with van der Waals surface area (Å²) in [6.07, 6.45) is 6.16. The van der Waals surface area contributed by atoms with Gasteiger partial charge in [-0.3, -0.25) is 0 Å². The predicted octanol–water partition coefficient (Wildman–Crippen LogP) is 3.94. The van der Waals surface area contributed by atoms with Gasteiger partial charge in [-0.1, -0.05) is 35.9 Å². The molecule has 0 spiro atoms. The molecule has 6 nitrogen and oxygen atoms in total. The number of fused-ring (bicyclic) bond motifs is 5. The first-order chi connectivity index (χ1) is 13.2. The molecule has 1 N–H and O–H groups in total. The van der Waals surface area contributed by atoms with E-state index in [2.05, 4.69) is 22.5 Å². The fourth-order valence-corrected chi connectivity index (χ4v) is 4.25. The number of nitrogens with one attached hydrogen (secondary N) is 1. The van der Waals surface area contributed by atoms with E-state index in [1.54, 1.807) is 30.5 Å². The van der Waals surface area contributed by atoms with E-state index in [9.17, 15) is 4.79 Å². The summed E-state index contributed by atoms with van der Waals surface area (Å²) < 4.78 is 11.6. The van der Waals surface area contributed by atoms with E-state index in [4.69, 9.17) is 21.1 Å². The van der Waals surface area contributed by atoms with E-state index in [1.807, 2.05) is 17.0 Å². The van der Waals surface area contributed by atoms with Crippen LogP contribution in [0.2, 0.25) is 5.02 Å². The van der Waals surface area contributed by atoms with Crippen LogP contribution in [0, 0.1) is 11.8 Å². The Labute approximate surface area is 161 Å². The summed E-state index contributed by atoms with van der Waals surface area (Å²) in [5.41, 5.74) is 0.631. The third kappa shape index (κ3) is 3.05. The summed E-state index contributed by atoms with van der Waals surface area (Å²) in [4.78, 5) is 18.7. The van der Waals surface area contributed by atoms with Gasteiger partial charge in [0.25, 0.3) is 0 Å². The lowest BCUT2D eigenvalue weighted by atomic mass is 9.86. The van der Waals surface area contributed by atoms with Gasteiger partial charge >= 0.3 is 6.03 Å². The zero-order chi connectivity index (χ0) is 18.4. The van der Waals surface area contributed by atoms with Crippen molar-refractivity contribution in [1.29, 1.82) is 0 Å². The first kappa shape index (κ1) is 16.6. The minimum atomic E-state index is -0.112. The van der Waals surface area contributed by atoms with E-state index >= 15 is 0 Å². The minimum Gasteiger partial charge on any atom is -0.437 e. The van der Waals surface area contributed by atoms with Crippen molar-refractivity contribution >= 4 is 23.3 Å². The van der Waals surface area contributed by atoms with Crippen LogP contribution in [-0.4, -0.2) is 41.2 Å². The molecule has 4 atom stereocenters. The number of hydrogen-bond donors (Lipinski definition) is 1. The Morgan fingerprint density at radius 3 is 2.67 bits per heavy atom. The Kier molecular flexibility index (Phi) is 4.02. The molecule has 2 bridgehead atoms. The topological polar surface area (TPSA) is 63.7 Å². The number of aromatic nitrogens is 1. The number of nitrogens with zero attached hydrogens (tertiary/aromatic N) is 2. The van der Waals surface area contributed by atoms with E-state index in [1.165, 1.54) is 0 Å². The number of urea groups is 1. The Morgan fingerprint density at radius 2 is 1.93 bits per heavy atom. The highest BCUT2D eigenvalue weighted by Gasteiger charge is 2.51. The van der Waals surface area contributed by atoms with Crippen LogP contribution in [0.15, 0.2) is 54.7 Å². The molecule has 3 aliphatic rings. The van der Waals surface area contributed by atoms with E-state index < -0.39 is 0 Å². The molecule has 7 heteroatoms. The van der Waals surface area contributed by atoms with Crippen molar-refractivity contribution in [3.63, 3.8) is 0 Å². The maximum Gasteiger partial charge on any atom is 0.321 e. The van der Waals surface area contributed by atoms with Gasteiger partial charge in [0.05, 0.1) is 17.2 Å². The van der Waals surface area contributed by atoms with Crippen molar-refractivity contribution < 1.29 is 14.3 Å². The molecule has 1 aromatic heterocycles. The van der Waals surface area contributed by atoms with Gasteiger partial charge in [-0.25, -0.2) is 9.78 Å². The third-order valence-corrected chi connectivity index (χ3v) is 5.70. The van der Waals surface area contributed by atoms with Crippen LogP contribution in [0.4, 0.5) is 10.5 Å². The van der Waals surface area contributed by atoms with Crippen LogP contribution in [0.3, 0.4) is 0 Å². The maximum absolute atomic E-state index is 12.7. The number of para-hydroxylation sites is 1. The van der Waals surface area contributed by atoms with Crippen LogP contribution < -0.4 is 10.1 Å². The molecule has 27 heavy (non-hydrogen) atoms. The quantitative estimate of drug-likeness (QED) is 0.815. The number of pyridine rings is 1. The van der Waals surface area contributed by atoms with Gasteiger partial charge in [0.2, 0.25) is 5.88 Å². The highest BCUT2D eigenvalue weighted by Crippen LogP contribution is 2.43. The molecule has 1 aromatic carbocycles. The lowest BCUT2D eigenvalue weighted by Crippen LogP contribution is -2.35. The van der Waals surface area contributed by atoms with Crippen molar-refractivity contribution in [3.05, 3.63) is 59.8 Å². The maximum atomic E-state index is 12.7. The van der Waals surface area contributed by atoms with Crippen LogP contribution in [0.5, 0.6) is 11.6 Å². The number of benzene rings is 1. The lowest BCUT2D eigenvalue weighted by Gasteiger charge is -2.19. The average Bonchev–Trinajstić information content (AvgIpc) is 3.37. The number of hydrogen-bond acceptors (Lipinski definition) is 4. The SMILES string of the molecule is O=C(Nc1ccnc(Oc2ccccc2Cl)c1)N1CC2C3C=CC(O3)C2C1. The monoisotopic (exact) mass is 383 g/mol. The molecule has 0 radical (unpaired) electrons. The van der Waals surface area contributed by atoms with Crippen molar-refractivity contribution in [2.45, 2.75) is 12.2 Å². The number of carbonyl (C=O) groups excluding carboxylic acids is 1. The highest BCUT2D eigenvalue weighted by atomic mass is 35.5. The summed E-state index contributed by atoms with van der Waals surface area (Å²) in [6, 6.07) is 10.5. The average molecular weight is 384 g/mol. The number of anilines is 1. The van der Waals surface area contributed by atoms with Crippen LogP contribution >= 0.6 is 11.6 Å². The zero-order valence-electron chi connectivity index (χ0n) is 14.4. The van der Waals surface area contributed by atoms with Gasteiger partial charge in [-0.15, -0.1) is 0 Å². The zero-order valence-corrected chi connectivity index (χ0v) is 15.2. The van der Waals surface area contributed by atoms with Gasteiger partial charge in [0.15, 0.2) is 0 Å². The molecular formula is C20H18ClN3O3. The molecule has 138 valence electrons. The van der Waals surface area contributed by atoms with E-state index in [0.29, 0.717) is 34.2 Å². The standard InChI is InChI=1S/C20H18ClN3O3/c21-15-3-1-2-4-18(15)27-19-9-12(7-8-22-19)23-20(25)24-10-13-14(11-24)17-6-5-16(13)26-17/h1-9,13-14,16-17H,10-11H2,(H,22,23,25). The molecule has 0 aliphatic carbocycles. The fourth-order valence-electron chi connectivity index (χ4n) is 4.08. The smallest absolute Gasteiger partial charge is 0.321 e. The Balaban J connectivity index is 1.25. The van der Waals surface area contributed by atoms with Crippen molar-refractivity contribution in [2.24, 2.45) is 11.8 Å². The fraction of sp³-hybridized carbons (Fsp3) is 0.300. The lowest BCUT2D eigenvalue weighted by molar-refractivity contribution is 0.0892. The van der Waals surface area contributed by atoms with Crippen molar-refractivity contribution in [3.8, 4) is 11.6 Å². The Hall–Kier alpha value is -2.57. The van der Waals surface area contributed by atoms with Crippen LogP contribution in [0.25, 0.3) is 0 Å². The molecule has 2 fully saturated rings. The minimum absolute atomic E-state index is 0.112. The van der Waals surface area contributed by atoms with Gasteiger partial charge in [0.1, 0.15) is 5.75 Å². The number of halogens is 1. The van der Waals surface area contributed by atoms with Gasteiger partial charge < -0.3 is 19.7 Å². The first-order valence-corrected chi connectivity index (χ1v) is 9.33. The molecule has 4 unspecified atom stereocenters. The second kappa shape index (κ2) is 6.55. The summed E-state index contributed by atoms with van der Waals surface area (Å²) >= 11 is 6.12. The normalized spacial score (nSPS) is 27.7. The molecule has 3 aliphatic heterocycles. The van der Waals surface area contributed by atoms with E-state index in [-0.39, 0.29) is 18.2 Å². The highest BCUT2D eigenvalue weighted by molar-refractivity contribution is 6.32. The Morgan fingerprint density at radius 1 is 1.19 bits per heavy atom. The second-order valence-corrected chi connectivity index (χ2v) is 7.44. The molecule has 5 rings (SSSR count). The van der Waals surface area contributed by atoms with Gasteiger partial charge in [-0.2, -0.15) is 0 Å². The molecular weight excluding hydrogens is 366 g/mol. The van der Waals surface area contributed by atoms with E-state index in [0.717, 1.165) is 13.1 Å². The molecule has 4 heterocycles. The van der Waals surface area contributed by atoms with Crippen LogP contribution in [-0.2, 0) is 4.74 Å². The Bertz CT molecular complexity index is 899. The van der Waals surface area contributed by atoms with Gasteiger partial charge in [-0.05, 0) is 18.2 Å². The number of rotatable bonds is 3. The summed E-state index contributed by atoms with van der Waals surface area (Å²) in [5, 5.41) is 3.44. The van der Waals surface area contributed by atoms with Crippen LogP contribution in [0.1, 0.15) is 0 Å². The summed E-state index contributed by atoms with van der Waals surface area (Å²) in [6.45, 7) is 1.44. The second-order valence-electron chi connectivity index (χ2n) is 7.03. The first-order valence-electron chi connectivity index (χ1n) is 8.95. The van der Waals surface area contributed by atoms with Crippen molar-refractivity contribution in [1.82, 2.24) is 9.88 Å². The number of likely N-dealkylation sites (tertiary alicyclic amines) is 1. The molecule has 2 saturated heterocycles. The number of amides is 2. The van der Waals surface area contributed by atoms with Crippen molar-refractivity contribution in [2.75, 3.05) is 18.4 Å². The summed E-state index contributed by atoms with van der Waals surface area (Å²) in [7, 11) is 0. The predicted molar refractivity (Wildman–Crippen MR) is 101 cm³/mol. The number of carbonyl (C=O) groups is 1. The van der Waals surface area contributed by atoms with Gasteiger partial charge in [0, 0.05) is 42.9 Å². The summed E-state index contributed by atoms with van der Waals surface area (Å²) in [5.74, 6) is 1.70.